The molecule has 32 heavy (non-hydrogen) atoms. The monoisotopic (exact) mass is 474 g/mol. The van der Waals surface area contributed by atoms with E-state index in [-0.39, 0.29) is 27.2 Å². The number of hydrogen-bond acceptors (Lipinski definition) is 5. The molecule has 0 N–H and O–H groups in total. The van der Waals surface area contributed by atoms with Gasteiger partial charge in [0.2, 0.25) is 5.91 Å². The Balaban J connectivity index is 0.00000466. The molecule has 0 heterocycles. The fraction of sp³-hybridized carbons (Fsp3) is 0.455. The molecule has 176 valence electrons. The maximum absolute atomic E-state index is 14.6. The molecule has 0 saturated carbocycles. The summed E-state index contributed by atoms with van der Waals surface area (Å²) in [6.45, 7) is 8.76. The van der Waals surface area contributed by atoms with E-state index in [1.165, 1.54) is 6.92 Å². The molecule has 0 aromatic heterocycles. The number of anilines is 1. The summed E-state index contributed by atoms with van der Waals surface area (Å²) in [6.07, 6.45) is -3.47. The van der Waals surface area contributed by atoms with Crippen molar-refractivity contribution in [2.24, 2.45) is 0 Å². The highest BCUT2D eigenvalue weighted by Gasteiger charge is 2.32. The molecule has 0 radical (unpaired) electrons. The van der Waals surface area contributed by atoms with Crippen molar-refractivity contribution >= 4 is 35.0 Å². The van der Waals surface area contributed by atoms with Crippen molar-refractivity contribution in [3.05, 3.63) is 35.2 Å². The Kier molecular flexibility index (Phi) is 11.9. The lowest BCUT2D eigenvalue weighted by atomic mass is 10.1. The predicted molar refractivity (Wildman–Crippen MR) is 116 cm³/mol. The van der Waals surface area contributed by atoms with Gasteiger partial charge in [-0.2, -0.15) is 18.4 Å². The smallest absolute Gasteiger partial charge is 0.299 e. The van der Waals surface area contributed by atoms with Crippen molar-refractivity contribution in [3.8, 4) is 6.07 Å². The number of nitrogens with zero attached hydrogens (tertiary/aromatic N) is 2. The first-order valence-corrected chi connectivity index (χ1v) is 10.7. The number of rotatable bonds is 7. The number of Topliss-reactive ketones (excluding diaryl/α,β-unsaturated/α-hetero) is 1. The number of alkyl halides is 3. The molecule has 1 aromatic rings. The van der Waals surface area contributed by atoms with Gasteiger partial charge in [0.25, 0.3) is 5.91 Å². The van der Waals surface area contributed by atoms with Crippen LogP contribution in [0.25, 0.3) is 0 Å². The molecule has 0 saturated heterocycles. The van der Waals surface area contributed by atoms with Crippen LogP contribution in [0.4, 0.5) is 23.2 Å². The van der Waals surface area contributed by atoms with Gasteiger partial charge in [0.15, 0.2) is 0 Å². The Labute approximate surface area is 189 Å². The zero-order chi connectivity index (χ0) is 25.2. The molecular formula is C22H26F4N2O3S. The second kappa shape index (κ2) is 13.0. The van der Waals surface area contributed by atoms with Crippen LogP contribution in [0.2, 0.25) is 0 Å². The molecule has 1 unspecified atom stereocenters. The van der Waals surface area contributed by atoms with Gasteiger partial charge in [-0.3, -0.25) is 14.4 Å². The van der Waals surface area contributed by atoms with Crippen LogP contribution in [0.3, 0.4) is 0 Å². The summed E-state index contributed by atoms with van der Waals surface area (Å²) in [7, 11) is 0. The molecule has 10 heteroatoms. The molecule has 0 aliphatic rings. The summed E-state index contributed by atoms with van der Waals surface area (Å²) in [5.74, 6) is -3.71. The number of imide groups is 1. The van der Waals surface area contributed by atoms with Crippen LogP contribution in [0.5, 0.6) is 0 Å². The molecule has 0 aliphatic heterocycles. The summed E-state index contributed by atoms with van der Waals surface area (Å²) in [5.41, 5.74) is -1.98. The van der Waals surface area contributed by atoms with Crippen molar-refractivity contribution in [1.82, 2.24) is 0 Å². The number of benzene rings is 1. The molecule has 0 spiro atoms. The van der Waals surface area contributed by atoms with Crippen LogP contribution < -0.4 is 4.90 Å². The van der Waals surface area contributed by atoms with Gasteiger partial charge in [-0.15, -0.1) is 11.8 Å². The quantitative estimate of drug-likeness (QED) is 0.277. The van der Waals surface area contributed by atoms with E-state index in [0.29, 0.717) is 19.8 Å². The average Bonchev–Trinajstić information content (AvgIpc) is 2.70. The van der Waals surface area contributed by atoms with Crippen molar-refractivity contribution in [3.63, 3.8) is 0 Å². The topological polar surface area (TPSA) is 78.2 Å². The van der Waals surface area contributed by atoms with Crippen LogP contribution in [0.15, 0.2) is 28.7 Å². The van der Waals surface area contributed by atoms with Crippen molar-refractivity contribution in [2.45, 2.75) is 70.7 Å². The minimum Gasteiger partial charge on any atom is -0.299 e. The first-order valence-electron chi connectivity index (χ1n) is 9.84. The van der Waals surface area contributed by atoms with E-state index in [1.54, 1.807) is 6.07 Å². The third kappa shape index (κ3) is 8.11. The summed E-state index contributed by atoms with van der Waals surface area (Å²) < 4.78 is 52.8. The van der Waals surface area contributed by atoms with Gasteiger partial charge < -0.3 is 0 Å². The van der Waals surface area contributed by atoms with Gasteiger partial charge >= 0.3 is 6.18 Å². The lowest BCUT2D eigenvalue weighted by molar-refractivity contribution is -0.124. The SMILES string of the molecule is CC.CCCC(Sc1cc(N(C(C)=O)C(=O)/C=C(\C)C(F)(F)F)c(F)cc1C#N)C(C)=O. The number of nitriles is 1. The van der Waals surface area contributed by atoms with Gasteiger partial charge in [-0.25, -0.2) is 9.29 Å². The fourth-order valence-corrected chi connectivity index (χ4v) is 3.67. The zero-order valence-electron chi connectivity index (χ0n) is 18.8. The number of hydrogen-bond donors (Lipinski definition) is 0. The summed E-state index contributed by atoms with van der Waals surface area (Å²) in [4.78, 5) is 36.5. The molecule has 0 fully saturated rings. The fourth-order valence-electron chi connectivity index (χ4n) is 2.43. The maximum atomic E-state index is 14.6. The first kappa shape index (κ1) is 29.3. The standard InChI is InChI=1S/C20H20F4N2O3S.C2H6/c1-5-6-17(12(3)27)30-18-9-16(15(21)8-14(18)10-25)26(13(4)28)19(29)7-11(2)20(22,23)24;1-2/h7-9,17H,5-6H2,1-4H3;1-2H3/b11-7+;. The molecule has 1 aromatic carbocycles. The summed E-state index contributed by atoms with van der Waals surface area (Å²) >= 11 is 0.971. The Bertz CT molecular complexity index is 921. The van der Waals surface area contributed by atoms with E-state index in [0.717, 1.165) is 30.8 Å². The molecule has 2 amide bonds. The second-order valence-corrected chi connectivity index (χ2v) is 7.68. The van der Waals surface area contributed by atoms with E-state index in [4.69, 9.17) is 0 Å². The second-order valence-electron chi connectivity index (χ2n) is 6.44. The van der Waals surface area contributed by atoms with E-state index >= 15 is 0 Å². The summed E-state index contributed by atoms with van der Waals surface area (Å²) in [6, 6.07) is 3.59. The van der Waals surface area contributed by atoms with Crippen LogP contribution in [0, 0.1) is 17.1 Å². The van der Waals surface area contributed by atoms with Crippen molar-refractivity contribution < 1.29 is 31.9 Å². The molecule has 0 aliphatic carbocycles. The van der Waals surface area contributed by atoms with Gasteiger partial charge in [0, 0.05) is 23.5 Å². The van der Waals surface area contributed by atoms with Gasteiger partial charge in [-0.05, 0) is 32.4 Å². The van der Waals surface area contributed by atoms with Crippen LogP contribution >= 0.6 is 11.8 Å². The minimum absolute atomic E-state index is 0.124. The average molecular weight is 475 g/mol. The number of ketones is 1. The third-order valence-electron chi connectivity index (χ3n) is 4.01. The molecule has 0 bridgehead atoms. The van der Waals surface area contributed by atoms with Gasteiger partial charge in [-0.1, -0.05) is 27.2 Å². The highest BCUT2D eigenvalue weighted by atomic mass is 32.2. The van der Waals surface area contributed by atoms with Crippen LogP contribution in [0.1, 0.15) is 59.9 Å². The number of carbonyl (C=O) groups is 3. The van der Waals surface area contributed by atoms with Crippen molar-refractivity contribution in [2.75, 3.05) is 4.90 Å². The largest absolute Gasteiger partial charge is 0.412 e. The van der Waals surface area contributed by atoms with E-state index in [9.17, 15) is 37.2 Å². The Morgan fingerprint density at radius 1 is 1.19 bits per heavy atom. The minimum atomic E-state index is -4.79. The Hall–Kier alpha value is -2.67. The van der Waals surface area contributed by atoms with Gasteiger partial charge in [0.1, 0.15) is 17.7 Å². The van der Waals surface area contributed by atoms with Gasteiger partial charge in [0.05, 0.1) is 16.5 Å². The molecule has 5 nitrogen and oxygen atoms in total. The maximum Gasteiger partial charge on any atom is 0.412 e. The van der Waals surface area contributed by atoms with Crippen LogP contribution in [-0.2, 0) is 14.4 Å². The number of carbonyl (C=O) groups excluding carboxylic acids is 3. The molecule has 1 rings (SSSR count). The molecular weight excluding hydrogens is 448 g/mol. The predicted octanol–water partition coefficient (Wildman–Crippen LogP) is 5.96. The van der Waals surface area contributed by atoms with Crippen molar-refractivity contribution in [1.29, 1.82) is 5.26 Å². The highest BCUT2D eigenvalue weighted by Crippen LogP contribution is 2.35. The Morgan fingerprint density at radius 3 is 2.16 bits per heavy atom. The summed E-state index contributed by atoms with van der Waals surface area (Å²) in [5, 5.41) is 8.74. The number of amides is 2. The molecule has 1 atom stereocenters. The highest BCUT2D eigenvalue weighted by molar-refractivity contribution is 8.00. The van der Waals surface area contributed by atoms with E-state index in [2.05, 4.69) is 0 Å². The van der Waals surface area contributed by atoms with Crippen LogP contribution in [-0.4, -0.2) is 29.0 Å². The number of thioether (sulfide) groups is 1. The first-order chi connectivity index (χ1) is 14.8. The lowest BCUT2D eigenvalue weighted by Gasteiger charge is -2.21. The third-order valence-corrected chi connectivity index (χ3v) is 5.45. The Morgan fingerprint density at radius 2 is 1.75 bits per heavy atom. The number of halogens is 4. The zero-order valence-corrected chi connectivity index (χ0v) is 19.6. The normalized spacial score (nSPS) is 12.2. The lowest BCUT2D eigenvalue weighted by Crippen LogP contribution is -2.35. The van der Waals surface area contributed by atoms with E-state index in [1.807, 2.05) is 20.8 Å². The number of allylic oxidation sites excluding steroid dienone is 1. The van der Waals surface area contributed by atoms with E-state index < -0.39 is 40.3 Å².